The second kappa shape index (κ2) is 11.3. The van der Waals surface area contributed by atoms with Crippen LogP contribution in [0.5, 0.6) is 0 Å². The minimum Gasteiger partial charge on any atom is -0.417 e. The number of hydrogen-bond acceptors (Lipinski definition) is 2. The Bertz CT molecular complexity index is 822. The molecule has 4 heteroatoms. The smallest absolute Gasteiger partial charge is 0.261 e. The Morgan fingerprint density at radius 2 is 1.27 bits per heavy atom. The summed E-state index contributed by atoms with van der Waals surface area (Å²) >= 11 is 0. The van der Waals surface area contributed by atoms with Gasteiger partial charge in [-0.1, -0.05) is 114 Å². The molecule has 0 bridgehead atoms. The Labute approximate surface area is 205 Å². The molecule has 0 aliphatic carbocycles. The number of allylic oxidation sites excluding steroid dienone is 1. The van der Waals surface area contributed by atoms with Gasteiger partial charge >= 0.3 is 0 Å². The van der Waals surface area contributed by atoms with E-state index in [9.17, 15) is 0 Å². The topological polar surface area (TPSA) is 18.5 Å². The molecule has 0 amide bonds. The van der Waals surface area contributed by atoms with Crippen LogP contribution in [0, 0.1) is 0 Å². The zero-order chi connectivity index (χ0) is 24.8. The molecule has 0 saturated carbocycles. The van der Waals surface area contributed by atoms with Crippen molar-refractivity contribution in [1.29, 1.82) is 0 Å². The lowest BCUT2D eigenvalue weighted by molar-refractivity contribution is 0.148. The quantitative estimate of drug-likeness (QED) is 0.261. The van der Waals surface area contributed by atoms with E-state index in [0.29, 0.717) is 0 Å². The van der Waals surface area contributed by atoms with Crippen LogP contribution in [0.4, 0.5) is 0 Å². The summed E-state index contributed by atoms with van der Waals surface area (Å²) < 4.78 is 14.0. The fourth-order valence-electron chi connectivity index (χ4n) is 4.12. The van der Waals surface area contributed by atoms with E-state index in [1.807, 2.05) is 0 Å². The van der Waals surface area contributed by atoms with E-state index >= 15 is 0 Å². The second-order valence-corrected chi connectivity index (χ2v) is 20.7. The van der Waals surface area contributed by atoms with Crippen LogP contribution >= 0.6 is 0 Å². The summed E-state index contributed by atoms with van der Waals surface area (Å²) in [6.07, 6.45) is 6.30. The average molecular weight is 483 g/mol. The minimum absolute atomic E-state index is 0.0236. The van der Waals surface area contributed by atoms with Gasteiger partial charge in [-0.25, -0.2) is 0 Å². The van der Waals surface area contributed by atoms with Crippen LogP contribution in [-0.2, 0) is 8.85 Å². The highest BCUT2D eigenvalue weighted by molar-refractivity contribution is 6.99. The summed E-state index contributed by atoms with van der Waals surface area (Å²) in [5, 5.41) is 2.86. The van der Waals surface area contributed by atoms with E-state index in [-0.39, 0.29) is 16.2 Å². The van der Waals surface area contributed by atoms with E-state index in [2.05, 4.69) is 134 Å². The molecule has 0 radical (unpaired) electrons. The molecule has 0 unspecified atom stereocenters. The Kier molecular flexibility index (Phi) is 9.52. The molecule has 0 fully saturated rings. The predicted molar refractivity (Wildman–Crippen MR) is 150 cm³/mol. The Balaban J connectivity index is 2.46. The highest BCUT2D eigenvalue weighted by Crippen LogP contribution is 2.39. The highest BCUT2D eigenvalue weighted by Gasteiger charge is 2.51. The third kappa shape index (κ3) is 6.78. The first-order valence-corrected chi connectivity index (χ1v) is 17.2. The highest BCUT2D eigenvalue weighted by atomic mass is 28.4. The molecule has 0 aliphatic rings. The lowest BCUT2D eigenvalue weighted by Crippen LogP contribution is -2.67. The van der Waals surface area contributed by atoms with Crippen molar-refractivity contribution < 1.29 is 8.85 Å². The van der Waals surface area contributed by atoms with E-state index in [1.54, 1.807) is 0 Å². The van der Waals surface area contributed by atoms with Gasteiger partial charge in [0.1, 0.15) is 0 Å². The fraction of sp³-hybridized carbons (Fsp3) is 0.517. The summed E-state index contributed by atoms with van der Waals surface area (Å²) in [4.78, 5) is 0. The van der Waals surface area contributed by atoms with Crippen molar-refractivity contribution in [3.63, 3.8) is 0 Å². The molecule has 0 spiro atoms. The Morgan fingerprint density at radius 1 is 0.788 bits per heavy atom. The standard InChI is InChI=1S/C29H46O2Si2/c1-10-11-18-25(23-24-30-32(8,9)28(2,3)4)31-33(29(5,6)7,26-19-14-12-15-20-26)27-21-16-13-17-22-27/h10-17,19-22,25H,18,23-24H2,1-9H3/b11-10-/t25-/m1/s1. The van der Waals surface area contributed by atoms with Crippen LogP contribution in [-0.4, -0.2) is 29.3 Å². The van der Waals surface area contributed by atoms with Crippen molar-refractivity contribution in [1.82, 2.24) is 0 Å². The largest absolute Gasteiger partial charge is 0.417 e. The van der Waals surface area contributed by atoms with Crippen molar-refractivity contribution in [3.05, 3.63) is 72.8 Å². The molecule has 0 aromatic heterocycles. The van der Waals surface area contributed by atoms with Crippen molar-refractivity contribution in [2.45, 2.75) is 90.6 Å². The molecule has 182 valence electrons. The van der Waals surface area contributed by atoms with Crippen LogP contribution < -0.4 is 10.4 Å². The van der Waals surface area contributed by atoms with Gasteiger partial charge in [0.25, 0.3) is 8.32 Å². The van der Waals surface area contributed by atoms with E-state index in [1.165, 1.54) is 10.4 Å². The Hall–Kier alpha value is -1.47. The monoisotopic (exact) mass is 482 g/mol. The van der Waals surface area contributed by atoms with Gasteiger partial charge in [0.05, 0.1) is 6.10 Å². The van der Waals surface area contributed by atoms with Gasteiger partial charge in [-0.15, -0.1) is 0 Å². The zero-order valence-electron chi connectivity index (χ0n) is 22.4. The summed E-state index contributed by atoms with van der Waals surface area (Å²) in [7, 11) is -4.36. The Morgan fingerprint density at radius 3 is 1.67 bits per heavy atom. The molecule has 1 atom stereocenters. The van der Waals surface area contributed by atoms with Crippen molar-refractivity contribution in [3.8, 4) is 0 Å². The molecule has 33 heavy (non-hydrogen) atoms. The van der Waals surface area contributed by atoms with Crippen LogP contribution in [0.25, 0.3) is 0 Å². The van der Waals surface area contributed by atoms with Gasteiger partial charge in [0.15, 0.2) is 8.32 Å². The maximum atomic E-state index is 7.40. The SMILES string of the molecule is C/C=C\C[C@H](CCO[Si](C)(C)C(C)(C)C)O[Si](c1ccccc1)(c1ccccc1)C(C)(C)C. The molecule has 0 aliphatic heterocycles. The first kappa shape index (κ1) is 27.8. The molecule has 2 rings (SSSR count). The summed E-state index contributed by atoms with van der Waals surface area (Å²) in [6, 6.07) is 21.9. The normalized spacial score (nSPS) is 14.6. The summed E-state index contributed by atoms with van der Waals surface area (Å²) in [5.74, 6) is 0. The van der Waals surface area contributed by atoms with Gasteiger partial charge < -0.3 is 8.85 Å². The number of rotatable bonds is 10. The molecular weight excluding hydrogens is 436 g/mol. The van der Waals surface area contributed by atoms with Gasteiger partial charge in [-0.05, 0) is 53.3 Å². The molecule has 2 aromatic rings. The maximum Gasteiger partial charge on any atom is 0.261 e. The summed E-state index contributed by atoms with van der Waals surface area (Å²) in [5.41, 5.74) is 0. The van der Waals surface area contributed by atoms with Gasteiger partial charge in [-0.2, -0.15) is 0 Å². The van der Waals surface area contributed by atoms with E-state index < -0.39 is 16.6 Å². The first-order chi connectivity index (χ1) is 15.3. The zero-order valence-corrected chi connectivity index (χ0v) is 24.4. The van der Waals surface area contributed by atoms with Crippen molar-refractivity contribution >= 4 is 27.0 Å². The third-order valence-electron chi connectivity index (χ3n) is 7.10. The van der Waals surface area contributed by atoms with E-state index in [4.69, 9.17) is 8.85 Å². The van der Waals surface area contributed by atoms with Crippen molar-refractivity contribution in [2.24, 2.45) is 0 Å². The van der Waals surface area contributed by atoms with Crippen molar-refractivity contribution in [2.75, 3.05) is 6.61 Å². The molecule has 0 N–H and O–H groups in total. The molecule has 0 heterocycles. The number of benzene rings is 2. The van der Waals surface area contributed by atoms with Gasteiger partial charge in [0.2, 0.25) is 0 Å². The maximum absolute atomic E-state index is 7.40. The lowest BCUT2D eigenvalue weighted by atomic mass is 10.2. The lowest BCUT2D eigenvalue weighted by Gasteiger charge is -2.45. The van der Waals surface area contributed by atoms with Crippen LogP contribution in [0.15, 0.2) is 72.8 Å². The van der Waals surface area contributed by atoms with Crippen LogP contribution in [0.1, 0.15) is 61.3 Å². The average Bonchev–Trinajstić information content (AvgIpc) is 2.74. The fourth-order valence-corrected chi connectivity index (χ4v) is 9.91. The predicted octanol–water partition coefficient (Wildman–Crippen LogP) is 7.31. The van der Waals surface area contributed by atoms with Crippen LogP contribution in [0.2, 0.25) is 23.2 Å². The molecular formula is C29H46O2Si2. The second-order valence-electron chi connectivity index (χ2n) is 11.6. The van der Waals surface area contributed by atoms with Gasteiger partial charge in [-0.3, -0.25) is 0 Å². The third-order valence-corrected chi connectivity index (χ3v) is 16.7. The van der Waals surface area contributed by atoms with E-state index in [0.717, 1.165) is 19.4 Å². The van der Waals surface area contributed by atoms with Gasteiger partial charge in [0, 0.05) is 6.61 Å². The van der Waals surface area contributed by atoms with Crippen LogP contribution in [0.3, 0.4) is 0 Å². The molecule has 2 nitrogen and oxygen atoms in total. The number of hydrogen-bond donors (Lipinski definition) is 0. The summed E-state index contributed by atoms with van der Waals surface area (Å²) in [6.45, 7) is 21.4. The molecule has 2 aromatic carbocycles. The minimum atomic E-state index is -2.57. The first-order valence-electron chi connectivity index (χ1n) is 12.4. The molecule has 0 saturated heterocycles.